The normalized spacial score (nSPS) is 15.7. The SMILES string of the molecule is CCc1sc(-c2ccc(OC)c(OCCN3CCN(C)CC3)c2)nc1[C@@H](C)Sc1nc(N)cc(N)n1. The Labute approximate surface area is 221 Å². The van der Waals surface area contributed by atoms with Crippen LogP contribution < -0.4 is 20.9 Å². The molecule has 1 aliphatic heterocycles. The summed E-state index contributed by atoms with van der Waals surface area (Å²) in [6.07, 6.45) is 0.891. The Morgan fingerprint density at radius 3 is 2.44 bits per heavy atom. The number of aryl methyl sites for hydroxylation is 1. The van der Waals surface area contributed by atoms with E-state index in [-0.39, 0.29) is 5.25 Å². The van der Waals surface area contributed by atoms with Crippen LogP contribution in [0.25, 0.3) is 10.6 Å². The van der Waals surface area contributed by atoms with Gasteiger partial charge >= 0.3 is 0 Å². The fourth-order valence-electron chi connectivity index (χ4n) is 4.07. The van der Waals surface area contributed by atoms with Gasteiger partial charge < -0.3 is 25.8 Å². The molecule has 4 N–H and O–H groups in total. The number of nitrogens with two attached hydrogens (primary N) is 2. The van der Waals surface area contributed by atoms with E-state index in [0.29, 0.717) is 23.4 Å². The van der Waals surface area contributed by atoms with Crippen molar-refractivity contribution in [3.63, 3.8) is 0 Å². The maximum Gasteiger partial charge on any atom is 0.192 e. The molecule has 1 aliphatic rings. The summed E-state index contributed by atoms with van der Waals surface area (Å²) < 4.78 is 11.8. The fourth-order valence-corrected chi connectivity index (χ4v) is 6.17. The maximum atomic E-state index is 6.18. The number of methoxy groups -OCH3 is 1. The second-order valence-electron chi connectivity index (χ2n) is 8.80. The molecule has 11 heteroatoms. The van der Waals surface area contributed by atoms with Gasteiger partial charge in [-0.15, -0.1) is 11.3 Å². The monoisotopic (exact) mass is 529 g/mol. The minimum atomic E-state index is 0.0451. The van der Waals surface area contributed by atoms with Gasteiger partial charge in [-0.3, -0.25) is 4.90 Å². The highest BCUT2D eigenvalue weighted by Crippen LogP contribution is 2.41. The number of hydrogen-bond donors (Lipinski definition) is 2. The van der Waals surface area contributed by atoms with Crippen molar-refractivity contribution in [3.8, 4) is 22.1 Å². The first kappa shape index (κ1) is 26.5. The zero-order chi connectivity index (χ0) is 25.7. The average molecular weight is 530 g/mol. The van der Waals surface area contributed by atoms with Crippen LogP contribution in [0.3, 0.4) is 0 Å². The second kappa shape index (κ2) is 12.1. The molecule has 0 radical (unpaired) electrons. The first-order valence-electron chi connectivity index (χ1n) is 12.1. The number of ether oxygens (including phenoxy) is 2. The third kappa shape index (κ3) is 6.58. The van der Waals surface area contributed by atoms with Crippen molar-refractivity contribution in [3.05, 3.63) is 34.8 Å². The molecule has 0 amide bonds. The summed E-state index contributed by atoms with van der Waals surface area (Å²) in [5.41, 5.74) is 13.7. The first-order valence-corrected chi connectivity index (χ1v) is 13.8. The van der Waals surface area contributed by atoms with Crippen LogP contribution in [0.2, 0.25) is 0 Å². The van der Waals surface area contributed by atoms with E-state index in [0.717, 1.165) is 66.9 Å². The van der Waals surface area contributed by atoms with Gasteiger partial charge in [0.25, 0.3) is 0 Å². The lowest BCUT2D eigenvalue weighted by molar-refractivity contribution is 0.133. The highest BCUT2D eigenvalue weighted by Gasteiger charge is 2.21. The smallest absolute Gasteiger partial charge is 0.192 e. The van der Waals surface area contributed by atoms with E-state index < -0.39 is 0 Å². The van der Waals surface area contributed by atoms with Crippen molar-refractivity contribution in [1.29, 1.82) is 0 Å². The van der Waals surface area contributed by atoms with Gasteiger partial charge in [0, 0.05) is 49.2 Å². The van der Waals surface area contributed by atoms with Crippen LogP contribution in [0, 0.1) is 0 Å². The summed E-state index contributed by atoms with van der Waals surface area (Å²) >= 11 is 3.21. The summed E-state index contributed by atoms with van der Waals surface area (Å²) in [6, 6.07) is 7.58. The zero-order valence-electron chi connectivity index (χ0n) is 21.4. The Hall–Kier alpha value is -2.60. The van der Waals surface area contributed by atoms with Crippen molar-refractivity contribution in [1.82, 2.24) is 24.8 Å². The number of hydrogen-bond acceptors (Lipinski definition) is 11. The quantitative estimate of drug-likeness (QED) is 0.297. The molecule has 36 heavy (non-hydrogen) atoms. The van der Waals surface area contributed by atoms with Gasteiger partial charge in [0.15, 0.2) is 16.7 Å². The van der Waals surface area contributed by atoms with Gasteiger partial charge in [-0.25, -0.2) is 15.0 Å². The van der Waals surface area contributed by atoms with E-state index in [9.17, 15) is 0 Å². The summed E-state index contributed by atoms with van der Waals surface area (Å²) in [7, 11) is 3.84. The number of thiazole rings is 1. The summed E-state index contributed by atoms with van der Waals surface area (Å²) in [5.74, 6) is 2.20. The molecule has 194 valence electrons. The van der Waals surface area contributed by atoms with Crippen LogP contribution in [0.5, 0.6) is 11.5 Å². The van der Waals surface area contributed by atoms with Gasteiger partial charge in [-0.2, -0.15) is 0 Å². The van der Waals surface area contributed by atoms with E-state index >= 15 is 0 Å². The van der Waals surface area contributed by atoms with Crippen LogP contribution >= 0.6 is 23.1 Å². The number of rotatable bonds is 10. The molecule has 1 atom stereocenters. The molecule has 0 saturated carbocycles. The van der Waals surface area contributed by atoms with E-state index in [4.69, 9.17) is 25.9 Å². The van der Waals surface area contributed by atoms with Gasteiger partial charge in [-0.05, 0) is 38.6 Å². The highest BCUT2D eigenvalue weighted by molar-refractivity contribution is 7.99. The largest absolute Gasteiger partial charge is 0.493 e. The summed E-state index contributed by atoms with van der Waals surface area (Å²) in [6.45, 7) is 10.1. The van der Waals surface area contributed by atoms with Gasteiger partial charge in [0.2, 0.25) is 0 Å². The molecule has 1 fully saturated rings. The van der Waals surface area contributed by atoms with Crippen molar-refractivity contribution in [2.24, 2.45) is 0 Å². The van der Waals surface area contributed by atoms with E-state index in [1.807, 2.05) is 18.2 Å². The standard InChI is InChI=1S/C25H35N7O2S2/c1-5-20-23(16(2)35-25-28-21(26)15-22(27)29-25)30-24(36-20)17-6-7-18(33-4)19(14-17)34-13-12-32-10-8-31(3)9-11-32/h6-7,14-16H,5,8-13H2,1-4H3,(H4,26,27,28,29)/t16-/m1/s1. The van der Waals surface area contributed by atoms with Gasteiger partial charge in [0.05, 0.1) is 18.1 Å². The van der Waals surface area contributed by atoms with Crippen molar-refractivity contribution >= 4 is 34.7 Å². The number of nitrogen functional groups attached to an aromatic ring is 2. The Morgan fingerprint density at radius 2 is 1.78 bits per heavy atom. The molecule has 0 unspecified atom stereocenters. The van der Waals surface area contributed by atoms with E-state index in [1.165, 1.54) is 16.6 Å². The number of aromatic nitrogens is 3. The van der Waals surface area contributed by atoms with Crippen LogP contribution in [0.4, 0.5) is 11.6 Å². The molecular formula is C25H35N7O2S2. The number of anilines is 2. The number of thioether (sulfide) groups is 1. The number of nitrogens with zero attached hydrogens (tertiary/aromatic N) is 5. The third-order valence-electron chi connectivity index (χ3n) is 6.13. The Kier molecular flexibility index (Phi) is 8.89. The van der Waals surface area contributed by atoms with Crippen molar-refractivity contribution in [2.45, 2.75) is 30.7 Å². The maximum absolute atomic E-state index is 6.18. The van der Waals surface area contributed by atoms with Crippen LogP contribution in [0.1, 0.15) is 29.7 Å². The molecule has 3 heterocycles. The number of piperazine rings is 1. The molecule has 0 spiro atoms. The molecule has 1 aromatic carbocycles. The Morgan fingerprint density at radius 1 is 1.06 bits per heavy atom. The summed E-state index contributed by atoms with van der Waals surface area (Å²) in [4.78, 5) is 19.7. The molecule has 2 aromatic heterocycles. The predicted molar refractivity (Wildman–Crippen MR) is 148 cm³/mol. The molecular weight excluding hydrogens is 494 g/mol. The molecule has 0 aliphatic carbocycles. The number of benzene rings is 1. The van der Waals surface area contributed by atoms with Gasteiger partial charge in [-0.1, -0.05) is 18.7 Å². The minimum Gasteiger partial charge on any atom is -0.493 e. The zero-order valence-corrected chi connectivity index (χ0v) is 23.0. The minimum absolute atomic E-state index is 0.0451. The molecule has 0 bridgehead atoms. The lowest BCUT2D eigenvalue weighted by Crippen LogP contribution is -2.45. The first-order chi connectivity index (χ1) is 17.4. The molecule has 3 aromatic rings. The molecule has 9 nitrogen and oxygen atoms in total. The average Bonchev–Trinajstić information content (AvgIpc) is 3.29. The van der Waals surface area contributed by atoms with E-state index in [2.05, 4.69) is 40.7 Å². The lowest BCUT2D eigenvalue weighted by atomic mass is 10.2. The van der Waals surface area contributed by atoms with Crippen molar-refractivity contribution in [2.75, 3.05) is 65.0 Å². The second-order valence-corrected chi connectivity index (χ2v) is 11.2. The predicted octanol–water partition coefficient (Wildman–Crippen LogP) is 3.82. The van der Waals surface area contributed by atoms with Gasteiger partial charge in [0.1, 0.15) is 23.3 Å². The Balaban J connectivity index is 1.49. The topological polar surface area (TPSA) is 116 Å². The van der Waals surface area contributed by atoms with Crippen molar-refractivity contribution < 1.29 is 9.47 Å². The third-order valence-corrected chi connectivity index (χ3v) is 8.37. The van der Waals surface area contributed by atoms with Crippen LogP contribution in [-0.4, -0.2) is 78.2 Å². The van der Waals surface area contributed by atoms with Crippen LogP contribution in [-0.2, 0) is 6.42 Å². The lowest BCUT2D eigenvalue weighted by Gasteiger charge is -2.32. The molecule has 4 rings (SSSR count). The van der Waals surface area contributed by atoms with Crippen LogP contribution in [0.15, 0.2) is 29.4 Å². The Bertz CT molecular complexity index is 1150. The van der Waals surface area contributed by atoms with E-state index in [1.54, 1.807) is 24.5 Å². The fraction of sp³-hybridized carbons (Fsp3) is 0.480. The number of likely N-dealkylation sites (N-methyl/N-ethyl adjacent to an activating group) is 1. The summed E-state index contributed by atoms with van der Waals surface area (Å²) in [5, 5.41) is 1.55. The molecule has 1 saturated heterocycles. The highest BCUT2D eigenvalue weighted by atomic mass is 32.2.